The first kappa shape index (κ1) is 15.0. The molecule has 0 aromatic heterocycles. The second kappa shape index (κ2) is 5.57. The van der Waals surface area contributed by atoms with Crippen molar-refractivity contribution >= 4 is 5.91 Å². The van der Waals surface area contributed by atoms with Crippen molar-refractivity contribution < 1.29 is 4.79 Å². The molecule has 0 spiro atoms. The van der Waals surface area contributed by atoms with Gasteiger partial charge >= 0.3 is 0 Å². The van der Waals surface area contributed by atoms with E-state index in [9.17, 15) is 4.79 Å². The molecule has 1 atom stereocenters. The van der Waals surface area contributed by atoms with Crippen LogP contribution in [0.15, 0.2) is 18.2 Å². The number of carbonyl (C=O) groups excluding carboxylic acids is 1. The lowest BCUT2D eigenvalue weighted by atomic mass is 9.92. The van der Waals surface area contributed by atoms with Crippen LogP contribution in [0.5, 0.6) is 0 Å². The van der Waals surface area contributed by atoms with Crippen LogP contribution in [-0.4, -0.2) is 23.9 Å². The molecule has 20 heavy (non-hydrogen) atoms. The largest absolute Gasteiger partial charge is 0.322 e. The maximum Gasteiger partial charge on any atom is 0.238 e. The number of rotatable bonds is 3. The van der Waals surface area contributed by atoms with Gasteiger partial charge in [0.05, 0.1) is 6.54 Å². The van der Waals surface area contributed by atoms with Crippen molar-refractivity contribution in [2.45, 2.75) is 47.2 Å². The van der Waals surface area contributed by atoms with Crippen molar-refractivity contribution in [3.63, 3.8) is 0 Å². The molecule has 1 heterocycles. The Hall–Kier alpha value is -1.35. The van der Waals surface area contributed by atoms with Gasteiger partial charge in [-0.25, -0.2) is 0 Å². The van der Waals surface area contributed by atoms with E-state index in [-0.39, 0.29) is 17.5 Å². The summed E-state index contributed by atoms with van der Waals surface area (Å²) in [6.45, 7) is 12.1. The van der Waals surface area contributed by atoms with E-state index in [1.165, 1.54) is 16.7 Å². The molecule has 110 valence electrons. The van der Waals surface area contributed by atoms with Crippen molar-refractivity contribution in [1.82, 2.24) is 10.2 Å². The number of aryl methyl sites for hydroxylation is 2. The molecule has 0 bridgehead atoms. The van der Waals surface area contributed by atoms with Crippen LogP contribution in [0.25, 0.3) is 0 Å². The lowest BCUT2D eigenvalue weighted by Crippen LogP contribution is -2.33. The first-order valence-electron chi connectivity index (χ1n) is 7.38. The summed E-state index contributed by atoms with van der Waals surface area (Å²) in [5.41, 5.74) is 3.95. The Morgan fingerprint density at radius 2 is 2.00 bits per heavy atom. The van der Waals surface area contributed by atoms with E-state index in [4.69, 9.17) is 0 Å². The zero-order chi connectivity index (χ0) is 14.9. The molecule has 1 amide bonds. The van der Waals surface area contributed by atoms with Crippen LogP contribution in [-0.2, 0) is 4.79 Å². The molecule has 0 radical (unpaired) electrons. The minimum absolute atomic E-state index is 0.0322. The minimum atomic E-state index is 0.0322. The summed E-state index contributed by atoms with van der Waals surface area (Å²) < 4.78 is 0. The highest BCUT2D eigenvalue weighted by molar-refractivity contribution is 5.81. The van der Waals surface area contributed by atoms with Gasteiger partial charge in [0.1, 0.15) is 6.17 Å². The van der Waals surface area contributed by atoms with Crippen LogP contribution < -0.4 is 5.32 Å². The number of hydrogen-bond donors (Lipinski definition) is 1. The fourth-order valence-corrected chi connectivity index (χ4v) is 2.58. The van der Waals surface area contributed by atoms with Gasteiger partial charge in [0.15, 0.2) is 0 Å². The lowest BCUT2D eigenvalue weighted by Gasteiger charge is -2.29. The molecular weight excluding hydrogens is 248 g/mol. The molecule has 3 nitrogen and oxygen atoms in total. The van der Waals surface area contributed by atoms with Crippen LogP contribution >= 0.6 is 0 Å². The van der Waals surface area contributed by atoms with Crippen LogP contribution in [0, 0.1) is 19.3 Å². The number of benzene rings is 1. The van der Waals surface area contributed by atoms with Crippen LogP contribution in [0.1, 0.15) is 50.0 Å². The molecule has 1 aliphatic rings. The minimum Gasteiger partial charge on any atom is -0.322 e. The zero-order valence-corrected chi connectivity index (χ0v) is 13.3. The standard InChI is InChI=1S/C17H26N2O/c1-12-6-7-13(2)14(10-12)16-18-11-15(20)19(16)9-8-17(3,4)5/h6-7,10,16,18H,8-9,11H2,1-5H3. The monoisotopic (exact) mass is 274 g/mol. The topological polar surface area (TPSA) is 32.3 Å². The highest BCUT2D eigenvalue weighted by Crippen LogP contribution is 2.28. The fraction of sp³-hybridized carbons (Fsp3) is 0.588. The molecule has 0 aliphatic carbocycles. The SMILES string of the molecule is Cc1ccc(C)c(C2NCC(=O)N2CCC(C)(C)C)c1. The third kappa shape index (κ3) is 3.40. The maximum atomic E-state index is 12.1. The van der Waals surface area contributed by atoms with E-state index in [0.29, 0.717) is 6.54 Å². The van der Waals surface area contributed by atoms with Gasteiger partial charge in [-0.05, 0) is 36.8 Å². The Bertz CT molecular complexity index is 502. The van der Waals surface area contributed by atoms with E-state index in [1.807, 2.05) is 4.90 Å². The third-order valence-electron chi connectivity index (χ3n) is 3.91. The lowest BCUT2D eigenvalue weighted by molar-refractivity contribution is -0.128. The van der Waals surface area contributed by atoms with Crippen molar-refractivity contribution in [3.05, 3.63) is 34.9 Å². The Balaban J connectivity index is 2.21. The highest BCUT2D eigenvalue weighted by Gasteiger charge is 2.32. The number of nitrogens with zero attached hydrogens (tertiary/aromatic N) is 1. The molecule has 1 saturated heterocycles. The smallest absolute Gasteiger partial charge is 0.238 e. The quantitative estimate of drug-likeness (QED) is 0.918. The molecule has 3 heteroatoms. The molecule has 0 saturated carbocycles. The number of nitrogens with one attached hydrogen (secondary N) is 1. The summed E-state index contributed by atoms with van der Waals surface area (Å²) in [5, 5.41) is 3.35. The Morgan fingerprint density at radius 1 is 1.30 bits per heavy atom. The second-order valence-corrected chi connectivity index (χ2v) is 7.04. The molecule has 1 aromatic carbocycles. The summed E-state index contributed by atoms with van der Waals surface area (Å²) in [7, 11) is 0. The van der Waals surface area contributed by atoms with Crippen molar-refractivity contribution in [2.24, 2.45) is 5.41 Å². The van der Waals surface area contributed by atoms with Gasteiger partial charge in [-0.3, -0.25) is 10.1 Å². The predicted octanol–water partition coefficient (Wildman–Crippen LogP) is 3.17. The van der Waals surface area contributed by atoms with Gasteiger partial charge in [0.2, 0.25) is 5.91 Å². The molecule has 2 rings (SSSR count). The number of amides is 1. The average Bonchev–Trinajstić information content (AvgIpc) is 2.70. The van der Waals surface area contributed by atoms with Gasteiger partial charge < -0.3 is 4.90 Å². The van der Waals surface area contributed by atoms with E-state index >= 15 is 0 Å². The molecule has 1 aliphatic heterocycles. The second-order valence-electron chi connectivity index (χ2n) is 7.04. The van der Waals surface area contributed by atoms with Crippen molar-refractivity contribution in [2.75, 3.05) is 13.1 Å². The summed E-state index contributed by atoms with van der Waals surface area (Å²) in [6.07, 6.45) is 1.05. The van der Waals surface area contributed by atoms with E-state index in [0.717, 1.165) is 13.0 Å². The summed E-state index contributed by atoms with van der Waals surface area (Å²) in [4.78, 5) is 14.1. The predicted molar refractivity (Wildman–Crippen MR) is 82.4 cm³/mol. The molecule has 1 unspecified atom stereocenters. The van der Waals surface area contributed by atoms with E-state index in [2.05, 4.69) is 58.1 Å². The zero-order valence-electron chi connectivity index (χ0n) is 13.3. The van der Waals surface area contributed by atoms with Gasteiger partial charge in [0, 0.05) is 6.54 Å². The van der Waals surface area contributed by atoms with Gasteiger partial charge in [-0.15, -0.1) is 0 Å². The van der Waals surface area contributed by atoms with Crippen LogP contribution in [0.4, 0.5) is 0 Å². The Morgan fingerprint density at radius 3 is 2.65 bits per heavy atom. The van der Waals surface area contributed by atoms with E-state index in [1.54, 1.807) is 0 Å². The van der Waals surface area contributed by atoms with Gasteiger partial charge in [-0.1, -0.05) is 44.5 Å². The first-order chi connectivity index (χ1) is 9.28. The van der Waals surface area contributed by atoms with Gasteiger partial charge in [-0.2, -0.15) is 0 Å². The van der Waals surface area contributed by atoms with E-state index < -0.39 is 0 Å². The first-order valence-corrected chi connectivity index (χ1v) is 7.38. The number of hydrogen-bond acceptors (Lipinski definition) is 2. The van der Waals surface area contributed by atoms with Crippen molar-refractivity contribution in [1.29, 1.82) is 0 Å². The highest BCUT2D eigenvalue weighted by atomic mass is 16.2. The van der Waals surface area contributed by atoms with Crippen molar-refractivity contribution in [3.8, 4) is 0 Å². The summed E-state index contributed by atoms with van der Waals surface area (Å²) in [6, 6.07) is 6.45. The normalized spacial score (nSPS) is 19.8. The molecule has 1 N–H and O–H groups in total. The summed E-state index contributed by atoms with van der Waals surface area (Å²) in [5.74, 6) is 0.208. The van der Waals surface area contributed by atoms with Crippen LogP contribution in [0.3, 0.4) is 0 Å². The Labute approximate surface area is 122 Å². The average molecular weight is 274 g/mol. The Kier molecular flexibility index (Phi) is 4.19. The summed E-state index contributed by atoms with van der Waals surface area (Å²) >= 11 is 0. The maximum absolute atomic E-state index is 12.1. The van der Waals surface area contributed by atoms with Gasteiger partial charge in [0.25, 0.3) is 0 Å². The molecule has 1 aromatic rings. The molecular formula is C17H26N2O. The van der Waals surface area contributed by atoms with Crippen LogP contribution in [0.2, 0.25) is 0 Å². The molecule has 1 fully saturated rings. The third-order valence-corrected chi connectivity index (χ3v) is 3.91. The number of carbonyl (C=O) groups is 1. The fourth-order valence-electron chi connectivity index (χ4n) is 2.58.